The summed E-state index contributed by atoms with van der Waals surface area (Å²) in [4.78, 5) is 10.9. The van der Waals surface area contributed by atoms with Crippen molar-refractivity contribution in [1.29, 1.82) is 0 Å². The molecule has 0 aliphatic heterocycles. The summed E-state index contributed by atoms with van der Waals surface area (Å²) < 4.78 is 9.75. The highest BCUT2D eigenvalue weighted by Crippen LogP contribution is 2.17. The van der Waals surface area contributed by atoms with Gasteiger partial charge in [0.05, 0.1) is 7.11 Å². The molecule has 0 bridgehead atoms. The zero-order chi connectivity index (χ0) is 12.0. The summed E-state index contributed by atoms with van der Waals surface area (Å²) in [7, 11) is 1.34. The minimum atomic E-state index is -0.387. The van der Waals surface area contributed by atoms with Crippen LogP contribution in [-0.4, -0.2) is 25.7 Å². The Labute approximate surface area is 95.6 Å². The monoisotopic (exact) mass is 223 g/mol. The normalized spacial score (nSPS) is 10.0. The van der Waals surface area contributed by atoms with Crippen molar-refractivity contribution in [3.63, 3.8) is 0 Å². The molecule has 1 aromatic carbocycles. The number of carbonyl (C=O) groups is 1. The topological polar surface area (TPSA) is 47.6 Å². The molecule has 0 unspecified atom stereocenters. The van der Waals surface area contributed by atoms with Crippen LogP contribution in [0.2, 0.25) is 0 Å². The zero-order valence-electron chi connectivity index (χ0n) is 9.82. The molecule has 4 nitrogen and oxygen atoms in total. The first-order valence-electron chi connectivity index (χ1n) is 5.18. The molecule has 0 radical (unpaired) electrons. The summed E-state index contributed by atoms with van der Waals surface area (Å²) in [6, 6.07) is 7.83. The molecule has 0 saturated carbocycles. The average Bonchev–Trinajstić information content (AvgIpc) is 2.25. The predicted molar refractivity (Wildman–Crippen MR) is 62.7 cm³/mol. The van der Waals surface area contributed by atoms with Gasteiger partial charge in [-0.1, -0.05) is 6.07 Å². The Balaban J connectivity index is 2.56. The first-order valence-corrected chi connectivity index (χ1v) is 5.18. The Morgan fingerprint density at radius 3 is 2.81 bits per heavy atom. The lowest BCUT2D eigenvalue weighted by molar-refractivity contribution is -0.142. The summed E-state index contributed by atoms with van der Waals surface area (Å²) in [6.07, 6.45) is 0. The highest BCUT2D eigenvalue weighted by molar-refractivity contribution is 5.70. The van der Waals surface area contributed by atoms with Crippen molar-refractivity contribution >= 4 is 11.7 Å². The van der Waals surface area contributed by atoms with Crippen LogP contribution in [0.25, 0.3) is 0 Å². The molecule has 1 aromatic rings. The summed E-state index contributed by atoms with van der Waals surface area (Å²) in [5, 5.41) is 3.25. The zero-order valence-corrected chi connectivity index (χ0v) is 9.82. The fourth-order valence-corrected chi connectivity index (χ4v) is 1.21. The lowest BCUT2D eigenvalue weighted by Crippen LogP contribution is -2.13. The average molecular weight is 223 g/mol. The predicted octanol–water partition coefficient (Wildman–Crippen LogP) is 2.06. The third kappa shape index (κ3) is 4.21. The molecule has 0 fully saturated rings. The van der Waals surface area contributed by atoms with Gasteiger partial charge in [0.15, 0.2) is 6.61 Å². The lowest BCUT2D eigenvalue weighted by Gasteiger charge is -2.11. The first-order chi connectivity index (χ1) is 7.61. The molecular weight excluding hydrogens is 206 g/mol. The van der Waals surface area contributed by atoms with Crippen molar-refractivity contribution in [3.8, 4) is 5.75 Å². The molecule has 0 amide bonds. The standard InChI is InChI=1S/C12H17NO3/c1-9(2)13-10-5-4-6-11(7-10)16-8-12(14)15-3/h4-7,9,13H,8H2,1-3H3. The number of rotatable bonds is 5. The van der Waals surface area contributed by atoms with E-state index in [1.54, 1.807) is 6.07 Å². The molecule has 16 heavy (non-hydrogen) atoms. The molecule has 1 rings (SSSR count). The molecule has 0 aliphatic rings. The van der Waals surface area contributed by atoms with Crippen LogP contribution in [0, 0.1) is 0 Å². The molecule has 0 aromatic heterocycles. The maximum absolute atomic E-state index is 10.9. The third-order valence-corrected chi connectivity index (χ3v) is 1.87. The van der Waals surface area contributed by atoms with Crippen LogP contribution in [0.4, 0.5) is 5.69 Å². The smallest absolute Gasteiger partial charge is 0.343 e. The van der Waals surface area contributed by atoms with Crippen LogP contribution in [0.5, 0.6) is 5.75 Å². The van der Waals surface area contributed by atoms with E-state index >= 15 is 0 Å². The molecule has 1 N–H and O–H groups in total. The number of esters is 1. The van der Waals surface area contributed by atoms with E-state index in [1.807, 2.05) is 18.2 Å². The van der Waals surface area contributed by atoms with Gasteiger partial charge in [0.1, 0.15) is 5.75 Å². The van der Waals surface area contributed by atoms with Gasteiger partial charge in [-0.15, -0.1) is 0 Å². The van der Waals surface area contributed by atoms with Crippen molar-refractivity contribution in [2.24, 2.45) is 0 Å². The lowest BCUT2D eigenvalue weighted by atomic mass is 10.2. The van der Waals surface area contributed by atoms with Gasteiger partial charge >= 0.3 is 5.97 Å². The second-order valence-electron chi connectivity index (χ2n) is 3.69. The number of benzene rings is 1. The minimum absolute atomic E-state index is 0.0678. The maximum Gasteiger partial charge on any atom is 0.343 e. The highest BCUT2D eigenvalue weighted by Gasteiger charge is 2.02. The van der Waals surface area contributed by atoms with E-state index in [0.29, 0.717) is 11.8 Å². The van der Waals surface area contributed by atoms with E-state index in [9.17, 15) is 4.79 Å². The molecule has 0 spiro atoms. The summed E-state index contributed by atoms with van der Waals surface area (Å²) in [6.45, 7) is 4.05. The second-order valence-corrected chi connectivity index (χ2v) is 3.69. The van der Waals surface area contributed by atoms with E-state index < -0.39 is 0 Å². The summed E-state index contributed by atoms with van der Waals surface area (Å²) in [5.41, 5.74) is 0.970. The van der Waals surface area contributed by atoms with Crippen molar-refractivity contribution in [1.82, 2.24) is 0 Å². The molecule has 0 saturated heterocycles. The van der Waals surface area contributed by atoms with Gasteiger partial charge in [-0.05, 0) is 26.0 Å². The molecule has 0 atom stereocenters. The summed E-state index contributed by atoms with van der Waals surface area (Å²) in [5.74, 6) is 0.262. The Kier molecular flexibility index (Phi) is 4.64. The summed E-state index contributed by atoms with van der Waals surface area (Å²) >= 11 is 0. The number of hydrogen-bond donors (Lipinski definition) is 1. The van der Waals surface area contributed by atoms with Gasteiger partial charge in [0.2, 0.25) is 0 Å². The number of carbonyl (C=O) groups excluding carboxylic acids is 1. The van der Waals surface area contributed by atoms with Crippen LogP contribution in [-0.2, 0) is 9.53 Å². The van der Waals surface area contributed by atoms with Crippen LogP contribution in [0.1, 0.15) is 13.8 Å². The Bertz CT molecular complexity index is 350. The van der Waals surface area contributed by atoms with Crippen LogP contribution in [0.15, 0.2) is 24.3 Å². The van der Waals surface area contributed by atoms with Crippen molar-refractivity contribution in [2.75, 3.05) is 19.0 Å². The SMILES string of the molecule is COC(=O)COc1cccc(NC(C)C)c1. The van der Waals surface area contributed by atoms with Gasteiger partial charge in [-0.3, -0.25) is 0 Å². The Hall–Kier alpha value is -1.71. The fraction of sp³-hybridized carbons (Fsp3) is 0.417. The maximum atomic E-state index is 10.9. The molecule has 0 heterocycles. The van der Waals surface area contributed by atoms with Crippen LogP contribution >= 0.6 is 0 Å². The number of anilines is 1. The minimum Gasteiger partial charge on any atom is -0.482 e. The highest BCUT2D eigenvalue weighted by atomic mass is 16.6. The van der Waals surface area contributed by atoms with Gasteiger partial charge in [-0.25, -0.2) is 4.79 Å². The molecule has 4 heteroatoms. The fourth-order valence-electron chi connectivity index (χ4n) is 1.21. The third-order valence-electron chi connectivity index (χ3n) is 1.87. The Morgan fingerprint density at radius 2 is 2.19 bits per heavy atom. The number of ether oxygens (including phenoxy) is 2. The van der Waals surface area contributed by atoms with E-state index in [4.69, 9.17) is 4.74 Å². The van der Waals surface area contributed by atoms with E-state index in [2.05, 4.69) is 23.9 Å². The Morgan fingerprint density at radius 1 is 1.44 bits per heavy atom. The largest absolute Gasteiger partial charge is 0.482 e. The van der Waals surface area contributed by atoms with Crippen molar-refractivity contribution in [2.45, 2.75) is 19.9 Å². The number of nitrogens with one attached hydrogen (secondary N) is 1. The van der Waals surface area contributed by atoms with Crippen LogP contribution < -0.4 is 10.1 Å². The number of hydrogen-bond acceptors (Lipinski definition) is 4. The number of methoxy groups -OCH3 is 1. The first kappa shape index (κ1) is 12.4. The molecule has 88 valence electrons. The van der Waals surface area contributed by atoms with E-state index in [0.717, 1.165) is 5.69 Å². The second kappa shape index (κ2) is 6.00. The van der Waals surface area contributed by atoms with Gasteiger partial charge in [0, 0.05) is 17.8 Å². The van der Waals surface area contributed by atoms with Gasteiger partial charge in [-0.2, -0.15) is 0 Å². The van der Waals surface area contributed by atoms with Crippen molar-refractivity contribution < 1.29 is 14.3 Å². The molecule has 0 aliphatic carbocycles. The van der Waals surface area contributed by atoms with Crippen molar-refractivity contribution in [3.05, 3.63) is 24.3 Å². The van der Waals surface area contributed by atoms with E-state index in [-0.39, 0.29) is 12.6 Å². The van der Waals surface area contributed by atoms with Crippen LogP contribution in [0.3, 0.4) is 0 Å². The van der Waals surface area contributed by atoms with E-state index in [1.165, 1.54) is 7.11 Å². The molecular formula is C12H17NO3. The van der Waals surface area contributed by atoms with Gasteiger partial charge in [0.25, 0.3) is 0 Å². The van der Waals surface area contributed by atoms with Gasteiger partial charge < -0.3 is 14.8 Å². The quantitative estimate of drug-likeness (QED) is 0.776.